The van der Waals surface area contributed by atoms with Gasteiger partial charge >= 0.3 is 11.9 Å². The van der Waals surface area contributed by atoms with Crippen molar-refractivity contribution in [2.45, 2.75) is 25.9 Å². The minimum Gasteiger partial charge on any atom is -0.493 e. The van der Waals surface area contributed by atoms with Gasteiger partial charge in [0.25, 0.3) is 0 Å². The molecule has 0 heterocycles. The van der Waals surface area contributed by atoms with Gasteiger partial charge in [-0.1, -0.05) is 6.92 Å². The zero-order valence-electron chi connectivity index (χ0n) is 10.7. The van der Waals surface area contributed by atoms with Gasteiger partial charge in [-0.05, 0) is 30.7 Å². The van der Waals surface area contributed by atoms with Crippen molar-refractivity contribution < 1.29 is 24.2 Å². The lowest BCUT2D eigenvalue weighted by atomic mass is 10.3. The zero-order valence-corrected chi connectivity index (χ0v) is 10.7. The largest absolute Gasteiger partial charge is 0.493 e. The van der Waals surface area contributed by atoms with Gasteiger partial charge in [0.05, 0.1) is 13.0 Å². The number of anilines is 1. The number of carbonyl (C=O) groups excluding carboxylic acids is 1. The lowest BCUT2D eigenvalue weighted by Gasteiger charge is -2.11. The van der Waals surface area contributed by atoms with Gasteiger partial charge in [-0.2, -0.15) is 0 Å². The van der Waals surface area contributed by atoms with Crippen molar-refractivity contribution in [2.75, 3.05) is 12.3 Å². The van der Waals surface area contributed by atoms with Crippen molar-refractivity contribution >= 4 is 17.6 Å². The van der Waals surface area contributed by atoms with E-state index < -0.39 is 18.0 Å². The van der Waals surface area contributed by atoms with Crippen LogP contribution in [0.1, 0.15) is 19.8 Å². The molecule has 19 heavy (non-hydrogen) atoms. The van der Waals surface area contributed by atoms with Gasteiger partial charge in [-0.15, -0.1) is 0 Å². The molecule has 1 aromatic carbocycles. The van der Waals surface area contributed by atoms with Crippen molar-refractivity contribution in [3.63, 3.8) is 0 Å². The van der Waals surface area contributed by atoms with Crippen molar-refractivity contribution in [2.24, 2.45) is 0 Å². The van der Waals surface area contributed by atoms with Gasteiger partial charge in [0, 0.05) is 5.69 Å². The van der Waals surface area contributed by atoms with E-state index >= 15 is 0 Å². The minimum absolute atomic E-state index is 0.00580. The maximum absolute atomic E-state index is 11.4. The highest BCUT2D eigenvalue weighted by atomic mass is 16.6. The number of carbonyl (C=O) groups is 2. The summed E-state index contributed by atoms with van der Waals surface area (Å²) in [6.07, 6.45) is -0.863. The first-order chi connectivity index (χ1) is 9.02. The molecule has 0 aliphatic rings. The number of benzene rings is 1. The van der Waals surface area contributed by atoms with E-state index in [0.717, 1.165) is 0 Å². The Morgan fingerprint density at radius 1 is 1.32 bits per heavy atom. The molecule has 0 aliphatic carbocycles. The summed E-state index contributed by atoms with van der Waals surface area (Å²) in [5, 5.41) is 8.73. The molecule has 3 N–H and O–H groups in total. The highest BCUT2D eigenvalue weighted by Crippen LogP contribution is 2.13. The van der Waals surface area contributed by atoms with Crippen molar-refractivity contribution in [3.05, 3.63) is 24.3 Å². The van der Waals surface area contributed by atoms with E-state index in [-0.39, 0.29) is 19.4 Å². The maximum atomic E-state index is 11.4. The third kappa shape index (κ3) is 5.29. The van der Waals surface area contributed by atoms with Gasteiger partial charge in [0.15, 0.2) is 6.10 Å². The van der Waals surface area contributed by atoms with E-state index in [2.05, 4.69) is 0 Å². The number of hydrogen-bond acceptors (Lipinski definition) is 5. The number of nitrogens with two attached hydrogens (primary N) is 1. The van der Waals surface area contributed by atoms with E-state index in [1.165, 1.54) is 0 Å². The second kappa shape index (κ2) is 7.25. The lowest BCUT2D eigenvalue weighted by Crippen LogP contribution is -2.26. The second-order valence-corrected chi connectivity index (χ2v) is 3.89. The molecule has 104 valence electrons. The van der Waals surface area contributed by atoms with Crippen LogP contribution in [0.15, 0.2) is 24.3 Å². The second-order valence-electron chi connectivity index (χ2n) is 3.89. The number of ether oxygens (including phenoxy) is 2. The Balaban J connectivity index is 2.30. The van der Waals surface area contributed by atoms with E-state index in [1.54, 1.807) is 31.2 Å². The monoisotopic (exact) mass is 267 g/mol. The summed E-state index contributed by atoms with van der Waals surface area (Å²) in [6.45, 7) is 1.76. The van der Waals surface area contributed by atoms with Crippen LogP contribution in [-0.4, -0.2) is 29.8 Å². The molecule has 0 amide bonds. The normalized spacial score (nSPS) is 11.6. The first kappa shape index (κ1) is 14.8. The summed E-state index contributed by atoms with van der Waals surface area (Å²) >= 11 is 0. The summed E-state index contributed by atoms with van der Waals surface area (Å²) in [5.74, 6) is -1.15. The van der Waals surface area contributed by atoms with Gasteiger partial charge in [-0.25, -0.2) is 4.79 Å². The van der Waals surface area contributed by atoms with Gasteiger partial charge in [-0.3, -0.25) is 4.79 Å². The summed E-state index contributed by atoms with van der Waals surface area (Å²) in [4.78, 5) is 22.0. The fraction of sp³-hybridized carbons (Fsp3) is 0.385. The van der Waals surface area contributed by atoms with Crippen LogP contribution in [0.4, 0.5) is 5.69 Å². The molecule has 1 unspecified atom stereocenters. The topological polar surface area (TPSA) is 98.9 Å². The lowest BCUT2D eigenvalue weighted by molar-refractivity contribution is -0.164. The van der Waals surface area contributed by atoms with Gasteiger partial charge in [0.2, 0.25) is 0 Å². The first-order valence-corrected chi connectivity index (χ1v) is 5.93. The Labute approximate surface area is 111 Å². The molecule has 0 fully saturated rings. The summed E-state index contributed by atoms with van der Waals surface area (Å²) in [7, 11) is 0. The molecule has 0 spiro atoms. The minimum atomic E-state index is -1.14. The molecule has 0 radical (unpaired) electrons. The molecule has 6 nitrogen and oxygen atoms in total. The summed E-state index contributed by atoms with van der Waals surface area (Å²) in [6, 6.07) is 6.75. The predicted molar refractivity (Wildman–Crippen MR) is 68.8 cm³/mol. The summed E-state index contributed by atoms with van der Waals surface area (Å²) < 4.78 is 10.1. The molecule has 6 heteroatoms. The van der Waals surface area contributed by atoms with Crippen LogP contribution in [0.25, 0.3) is 0 Å². The van der Waals surface area contributed by atoms with E-state index in [9.17, 15) is 9.59 Å². The third-order valence-electron chi connectivity index (χ3n) is 2.37. The van der Waals surface area contributed by atoms with Crippen LogP contribution in [0.2, 0.25) is 0 Å². The number of carboxylic acid groups (broad SMARTS) is 1. The first-order valence-electron chi connectivity index (χ1n) is 5.93. The standard InChI is InChI=1S/C13H17NO5/c1-2-11(13(16)17)19-12(15)7-8-18-10-5-3-9(14)4-6-10/h3-6,11H,2,7-8,14H2,1H3,(H,16,17). The van der Waals surface area contributed by atoms with Crippen LogP contribution in [0.3, 0.4) is 0 Å². The molecule has 0 aliphatic heterocycles. The molecule has 1 atom stereocenters. The highest BCUT2D eigenvalue weighted by Gasteiger charge is 2.19. The fourth-order valence-corrected chi connectivity index (χ4v) is 1.34. The smallest absolute Gasteiger partial charge is 0.345 e. The van der Waals surface area contributed by atoms with Gasteiger partial charge in [0.1, 0.15) is 5.75 Å². The average molecular weight is 267 g/mol. The van der Waals surface area contributed by atoms with E-state index in [4.69, 9.17) is 20.3 Å². The van der Waals surface area contributed by atoms with Crippen LogP contribution in [0, 0.1) is 0 Å². The van der Waals surface area contributed by atoms with Crippen LogP contribution < -0.4 is 10.5 Å². The van der Waals surface area contributed by atoms with Crippen LogP contribution >= 0.6 is 0 Å². The quantitative estimate of drug-likeness (QED) is 0.573. The SMILES string of the molecule is CCC(OC(=O)CCOc1ccc(N)cc1)C(=O)O. The molecule has 0 bridgehead atoms. The predicted octanol–water partition coefficient (Wildman–Crippen LogP) is 1.44. The number of rotatable bonds is 7. The molecule has 0 saturated carbocycles. The van der Waals surface area contributed by atoms with Crippen LogP contribution in [-0.2, 0) is 14.3 Å². The molecular formula is C13H17NO5. The van der Waals surface area contributed by atoms with Crippen molar-refractivity contribution in [1.29, 1.82) is 0 Å². The van der Waals surface area contributed by atoms with Gasteiger partial charge < -0.3 is 20.3 Å². The van der Waals surface area contributed by atoms with E-state index in [1.807, 2.05) is 0 Å². The summed E-state index contributed by atoms with van der Waals surface area (Å²) in [5.41, 5.74) is 6.14. The van der Waals surface area contributed by atoms with Crippen molar-refractivity contribution in [1.82, 2.24) is 0 Å². The fourth-order valence-electron chi connectivity index (χ4n) is 1.34. The Kier molecular flexibility index (Phi) is 5.66. The average Bonchev–Trinajstić information content (AvgIpc) is 2.38. The van der Waals surface area contributed by atoms with E-state index in [0.29, 0.717) is 11.4 Å². The molecule has 1 aromatic rings. The number of hydrogen-bond donors (Lipinski definition) is 2. The molecular weight excluding hydrogens is 250 g/mol. The molecule has 0 aromatic heterocycles. The number of esters is 1. The molecule has 0 saturated heterocycles. The highest BCUT2D eigenvalue weighted by molar-refractivity contribution is 5.77. The third-order valence-corrected chi connectivity index (χ3v) is 2.37. The van der Waals surface area contributed by atoms with Crippen LogP contribution in [0.5, 0.6) is 5.75 Å². The molecule has 1 rings (SSSR count). The maximum Gasteiger partial charge on any atom is 0.345 e. The Morgan fingerprint density at radius 3 is 2.47 bits per heavy atom. The number of nitrogen functional groups attached to an aromatic ring is 1. The number of carboxylic acids is 1. The van der Waals surface area contributed by atoms with Crippen molar-refractivity contribution in [3.8, 4) is 5.75 Å². The Hall–Kier alpha value is -2.24. The number of aliphatic carboxylic acids is 1. The zero-order chi connectivity index (χ0) is 14.3. The Bertz CT molecular complexity index is 429. The Morgan fingerprint density at radius 2 is 1.95 bits per heavy atom.